The Bertz CT molecular complexity index is 1210. The Morgan fingerprint density at radius 1 is 1.17 bits per heavy atom. The quantitative estimate of drug-likeness (QED) is 0.707. The van der Waals surface area contributed by atoms with Crippen LogP contribution in [0.15, 0.2) is 65.9 Å². The molecule has 2 N–H and O–H groups in total. The van der Waals surface area contributed by atoms with E-state index in [0.29, 0.717) is 11.6 Å². The second-order valence-corrected chi connectivity index (χ2v) is 7.81. The molecule has 0 aliphatic carbocycles. The lowest BCUT2D eigenvalue weighted by Gasteiger charge is -2.27. The molecule has 1 atom stereocenters. The molecule has 1 unspecified atom stereocenters. The Morgan fingerprint density at radius 3 is 2.77 bits per heavy atom. The van der Waals surface area contributed by atoms with Crippen molar-refractivity contribution >= 4 is 23.5 Å². The molecule has 1 aromatic heterocycles. The van der Waals surface area contributed by atoms with Crippen molar-refractivity contribution in [2.45, 2.75) is 12.0 Å². The summed E-state index contributed by atoms with van der Waals surface area (Å²) < 4.78 is 5.64. The highest BCUT2D eigenvalue weighted by Crippen LogP contribution is 2.42. The fourth-order valence-corrected chi connectivity index (χ4v) is 4.31. The average molecular weight is 419 g/mol. The van der Waals surface area contributed by atoms with E-state index >= 15 is 0 Å². The first-order chi connectivity index (χ1) is 14.5. The Labute approximate surface area is 179 Å². The Balaban J connectivity index is 1.73. The molecule has 6 nitrogen and oxygen atoms in total. The number of nitrogens with zero attached hydrogens (tertiary/aromatic N) is 3. The predicted octanol–water partition coefficient (Wildman–Crippen LogP) is 3.37. The third-order valence-electron chi connectivity index (χ3n) is 5.71. The summed E-state index contributed by atoms with van der Waals surface area (Å²) in [6, 6.07) is 15.2. The number of benzene rings is 2. The van der Waals surface area contributed by atoms with Crippen LogP contribution < -0.4 is 10.5 Å². The second kappa shape index (κ2) is 6.85. The van der Waals surface area contributed by atoms with Crippen LogP contribution in [-0.4, -0.2) is 35.4 Å². The molecular formula is C23H19ClN4O2. The molecule has 30 heavy (non-hydrogen) atoms. The van der Waals surface area contributed by atoms with E-state index < -0.39 is 5.54 Å². The van der Waals surface area contributed by atoms with E-state index in [0.717, 1.165) is 40.0 Å². The maximum atomic E-state index is 13.5. The van der Waals surface area contributed by atoms with Crippen molar-refractivity contribution in [1.29, 1.82) is 0 Å². The van der Waals surface area contributed by atoms with Crippen LogP contribution in [0.3, 0.4) is 0 Å². The van der Waals surface area contributed by atoms with Gasteiger partial charge >= 0.3 is 0 Å². The number of guanidine groups is 1. The van der Waals surface area contributed by atoms with Crippen LogP contribution in [0.1, 0.15) is 16.7 Å². The highest BCUT2D eigenvalue weighted by atomic mass is 35.5. The number of hydrogen-bond acceptors (Lipinski definition) is 5. The van der Waals surface area contributed by atoms with Gasteiger partial charge in [-0.15, -0.1) is 0 Å². The van der Waals surface area contributed by atoms with Gasteiger partial charge in [-0.25, -0.2) is 4.99 Å². The number of nitrogens with two attached hydrogens (primary N) is 1. The zero-order chi connectivity index (χ0) is 20.9. The van der Waals surface area contributed by atoms with Crippen LogP contribution in [0.25, 0.3) is 11.1 Å². The molecule has 1 amide bonds. The molecular weight excluding hydrogens is 400 g/mol. The molecule has 2 aromatic carbocycles. The van der Waals surface area contributed by atoms with Gasteiger partial charge in [0, 0.05) is 31.4 Å². The molecule has 0 bridgehead atoms. The first kappa shape index (κ1) is 18.6. The number of hydrogen-bond donors (Lipinski definition) is 1. The number of pyridine rings is 1. The Kier molecular flexibility index (Phi) is 4.25. The maximum Gasteiger partial charge on any atom is 0.266 e. The van der Waals surface area contributed by atoms with Crippen LogP contribution >= 0.6 is 11.6 Å². The van der Waals surface area contributed by atoms with Crippen LogP contribution in [0.2, 0.25) is 5.02 Å². The number of carbonyl (C=O) groups excluding carboxylic acids is 1. The number of aromatic nitrogens is 1. The summed E-state index contributed by atoms with van der Waals surface area (Å²) in [5.41, 5.74) is 9.03. The molecule has 2 aliphatic heterocycles. The summed E-state index contributed by atoms with van der Waals surface area (Å²) >= 11 is 6.38. The van der Waals surface area contributed by atoms with Crippen molar-refractivity contribution in [3.8, 4) is 16.9 Å². The van der Waals surface area contributed by atoms with E-state index in [1.165, 1.54) is 4.90 Å². The van der Waals surface area contributed by atoms with Crippen LogP contribution in [0, 0.1) is 0 Å². The number of likely N-dealkylation sites (N-methyl/N-ethyl adjacent to an activating group) is 1. The monoisotopic (exact) mass is 418 g/mol. The summed E-state index contributed by atoms with van der Waals surface area (Å²) in [6.45, 7) is 0.639. The van der Waals surface area contributed by atoms with E-state index in [1.54, 1.807) is 25.5 Å². The minimum atomic E-state index is -1.26. The zero-order valence-corrected chi connectivity index (χ0v) is 17.1. The van der Waals surface area contributed by atoms with Gasteiger partial charge in [0.15, 0.2) is 11.5 Å². The molecule has 3 aromatic rings. The van der Waals surface area contributed by atoms with E-state index in [9.17, 15) is 4.79 Å². The second-order valence-electron chi connectivity index (χ2n) is 7.40. The molecule has 7 heteroatoms. The fourth-order valence-electron chi connectivity index (χ4n) is 4.10. The van der Waals surface area contributed by atoms with Gasteiger partial charge in [-0.05, 0) is 46.5 Å². The molecule has 150 valence electrons. The first-order valence-electron chi connectivity index (χ1n) is 9.61. The number of ether oxygens (including phenoxy) is 1. The van der Waals surface area contributed by atoms with Gasteiger partial charge in [0.25, 0.3) is 5.91 Å². The lowest BCUT2D eigenvalue weighted by atomic mass is 9.81. The van der Waals surface area contributed by atoms with Crippen LogP contribution in [0.4, 0.5) is 0 Å². The fraction of sp³-hybridized carbons (Fsp3) is 0.174. The van der Waals surface area contributed by atoms with Crippen LogP contribution in [-0.2, 0) is 16.8 Å². The predicted molar refractivity (Wildman–Crippen MR) is 115 cm³/mol. The largest absolute Gasteiger partial charge is 0.493 e. The summed E-state index contributed by atoms with van der Waals surface area (Å²) in [5, 5.41) is 0.587. The summed E-state index contributed by atoms with van der Waals surface area (Å²) in [7, 11) is 1.64. The maximum absolute atomic E-state index is 13.5. The number of fused-ring (bicyclic) bond motifs is 1. The zero-order valence-electron chi connectivity index (χ0n) is 16.3. The minimum Gasteiger partial charge on any atom is -0.493 e. The standard InChI is InChI=1S/C23H19ClN4O2/c1-28-21(29)23(27-22(28)25,17-5-6-20-15(12-17)8-10-30-20)16-4-2-3-14(11-16)18-13-26-9-7-19(18)24/h2-7,9,11-13H,8,10H2,1H3,(H2,25,27). The number of amides is 1. The highest BCUT2D eigenvalue weighted by Gasteiger charge is 2.49. The smallest absolute Gasteiger partial charge is 0.266 e. The lowest BCUT2D eigenvalue weighted by molar-refractivity contribution is -0.129. The molecule has 0 saturated heterocycles. The van der Waals surface area contributed by atoms with Crippen molar-refractivity contribution in [1.82, 2.24) is 9.88 Å². The SMILES string of the molecule is CN1C(=O)C(c2cccc(-c3cnccc3Cl)c2)(c2ccc3c(c2)CCO3)N=C1N. The van der Waals surface area contributed by atoms with Gasteiger partial charge in [-0.1, -0.05) is 35.9 Å². The summed E-state index contributed by atoms with van der Waals surface area (Å²) in [6.07, 6.45) is 4.15. The van der Waals surface area contributed by atoms with Gasteiger partial charge in [0.1, 0.15) is 5.75 Å². The summed E-state index contributed by atoms with van der Waals surface area (Å²) in [4.78, 5) is 23.8. The first-order valence-corrected chi connectivity index (χ1v) is 9.98. The van der Waals surface area contributed by atoms with Crippen molar-refractivity contribution < 1.29 is 9.53 Å². The molecule has 0 saturated carbocycles. The Morgan fingerprint density at radius 2 is 2.00 bits per heavy atom. The van der Waals surface area contributed by atoms with Crippen molar-refractivity contribution in [3.05, 3.63) is 82.6 Å². The molecule has 2 aliphatic rings. The third kappa shape index (κ3) is 2.68. The van der Waals surface area contributed by atoms with Crippen LogP contribution in [0.5, 0.6) is 5.75 Å². The molecule has 0 fully saturated rings. The van der Waals surface area contributed by atoms with E-state index in [1.807, 2.05) is 42.5 Å². The molecule has 3 heterocycles. The van der Waals surface area contributed by atoms with Crippen molar-refractivity contribution in [2.75, 3.05) is 13.7 Å². The summed E-state index contributed by atoms with van der Waals surface area (Å²) in [5.74, 6) is 0.829. The van der Waals surface area contributed by atoms with Gasteiger partial charge in [0.2, 0.25) is 0 Å². The minimum absolute atomic E-state index is 0.182. The van der Waals surface area contributed by atoms with Gasteiger partial charge in [0.05, 0.1) is 11.6 Å². The Hall–Kier alpha value is -3.38. The van der Waals surface area contributed by atoms with E-state index in [4.69, 9.17) is 22.1 Å². The van der Waals surface area contributed by atoms with Crippen molar-refractivity contribution in [3.63, 3.8) is 0 Å². The molecule has 0 radical (unpaired) electrons. The number of carbonyl (C=O) groups is 1. The topological polar surface area (TPSA) is 80.8 Å². The van der Waals surface area contributed by atoms with Gasteiger partial charge in [-0.3, -0.25) is 14.7 Å². The van der Waals surface area contributed by atoms with E-state index in [-0.39, 0.29) is 11.9 Å². The molecule has 0 spiro atoms. The number of aliphatic imine (C=N–C) groups is 1. The third-order valence-corrected chi connectivity index (χ3v) is 6.04. The van der Waals surface area contributed by atoms with E-state index in [2.05, 4.69) is 9.98 Å². The number of halogens is 1. The lowest BCUT2D eigenvalue weighted by Crippen LogP contribution is -2.41. The van der Waals surface area contributed by atoms with Crippen molar-refractivity contribution in [2.24, 2.45) is 10.7 Å². The molecule has 5 rings (SSSR count). The average Bonchev–Trinajstić information content (AvgIpc) is 3.32. The van der Waals surface area contributed by atoms with Gasteiger partial charge < -0.3 is 10.5 Å². The van der Waals surface area contributed by atoms with Gasteiger partial charge in [-0.2, -0.15) is 0 Å². The number of rotatable bonds is 3. The normalized spacial score (nSPS) is 20.1. The highest BCUT2D eigenvalue weighted by molar-refractivity contribution is 6.33.